The molecule has 162 valence electrons. The van der Waals surface area contributed by atoms with Gasteiger partial charge in [-0.15, -0.1) is 0 Å². The summed E-state index contributed by atoms with van der Waals surface area (Å²) in [4.78, 5) is 24.4. The van der Waals surface area contributed by atoms with Crippen LogP contribution in [0.5, 0.6) is 11.5 Å². The van der Waals surface area contributed by atoms with E-state index < -0.39 is 5.91 Å². The summed E-state index contributed by atoms with van der Waals surface area (Å²) in [6.45, 7) is 5.09. The van der Waals surface area contributed by atoms with E-state index in [1.54, 1.807) is 6.07 Å². The molecule has 0 heterocycles. The van der Waals surface area contributed by atoms with Crippen LogP contribution in [-0.4, -0.2) is 38.6 Å². The van der Waals surface area contributed by atoms with Crippen molar-refractivity contribution in [1.29, 1.82) is 0 Å². The number of methoxy groups -OCH3 is 1. The third-order valence-electron chi connectivity index (χ3n) is 4.42. The molecule has 0 aliphatic rings. The molecule has 0 aliphatic carbocycles. The SMILES string of the molecule is COc1cc(C(=O)NCC(=O)NCCc2ccccc2)cc(Cl)c1OCCC(C)C. The molecule has 0 unspecified atom stereocenters. The third kappa shape index (κ3) is 7.59. The Balaban J connectivity index is 1.86. The number of amides is 2. The molecule has 2 amide bonds. The zero-order chi connectivity index (χ0) is 21.9. The normalized spacial score (nSPS) is 10.6. The maximum absolute atomic E-state index is 12.4. The first-order valence-corrected chi connectivity index (χ1v) is 10.4. The van der Waals surface area contributed by atoms with Crippen LogP contribution in [0.1, 0.15) is 36.2 Å². The van der Waals surface area contributed by atoms with E-state index in [0.29, 0.717) is 36.1 Å². The fourth-order valence-electron chi connectivity index (χ4n) is 2.70. The minimum atomic E-state index is -0.415. The first-order chi connectivity index (χ1) is 14.4. The summed E-state index contributed by atoms with van der Waals surface area (Å²) in [5, 5.41) is 5.67. The molecule has 2 aromatic rings. The molecule has 0 aliphatic heterocycles. The summed E-state index contributed by atoms with van der Waals surface area (Å²) in [5.41, 5.74) is 1.43. The topological polar surface area (TPSA) is 76.7 Å². The van der Waals surface area contributed by atoms with Crippen molar-refractivity contribution in [2.75, 3.05) is 26.8 Å². The Hall–Kier alpha value is -2.73. The summed E-state index contributed by atoms with van der Waals surface area (Å²) < 4.78 is 11.1. The molecule has 2 aromatic carbocycles. The number of hydrogen-bond acceptors (Lipinski definition) is 4. The standard InChI is InChI=1S/C23H29ClN2O4/c1-16(2)10-12-30-22-19(24)13-18(14-20(22)29-3)23(28)26-15-21(27)25-11-9-17-7-5-4-6-8-17/h4-8,13-14,16H,9-12,15H2,1-3H3,(H,25,27)(H,26,28). The van der Waals surface area contributed by atoms with E-state index in [2.05, 4.69) is 24.5 Å². The van der Waals surface area contributed by atoms with E-state index >= 15 is 0 Å². The first-order valence-electron chi connectivity index (χ1n) is 9.99. The summed E-state index contributed by atoms with van der Waals surface area (Å²) in [6.07, 6.45) is 1.60. The van der Waals surface area contributed by atoms with Crippen molar-refractivity contribution in [1.82, 2.24) is 10.6 Å². The van der Waals surface area contributed by atoms with Crippen LogP contribution in [0.2, 0.25) is 5.02 Å². The molecule has 0 aromatic heterocycles. The van der Waals surface area contributed by atoms with Crippen molar-refractivity contribution in [3.05, 3.63) is 58.6 Å². The minimum absolute atomic E-state index is 0.125. The van der Waals surface area contributed by atoms with Gasteiger partial charge in [-0.1, -0.05) is 55.8 Å². The quantitative estimate of drug-likeness (QED) is 0.565. The second kappa shape index (κ2) is 12.1. The minimum Gasteiger partial charge on any atom is -0.493 e. The average Bonchev–Trinajstić information content (AvgIpc) is 2.73. The van der Waals surface area contributed by atoms with Crippen molar-refractivity contribution >= 4 is 23.4 Å². The van der Waals surface area contributed by atoms with E-state index in [1.807, 2.05) is 30.3 Å². The largest absolute Gasteiger partial charge is 0.493 e. The lowest BCUT2D eigenvalue weighted by Crippen LogP contribution is -2.37. The second-order valence-electron chi connectivity index (χ2n) is 7.29. The summed E-state index contributed by atoms with van der Waals surface area (Å²) in [7, 11) is 1.49. The van der Waals surface area contributed by atoms with Gasteiger partial charge in [0.15, 0.2) is 11.5 Å². The zero-order valence-electron chi connectivity index (χ0n) is 17.7. The highest BCUT2D eigenvalue weighted by Crippen LogP contribution is 2.36. The van der Waals surface area contributed by atoms with E-state index in [-0.39, 0.29) is 17.5 Å². The van der Waals surface area contributed by atoms with Crippen molar-refractivity contribution in [2.45, 2.75) is 26.7 Å². The van der Waals surface area contributed by atoms with Gasteiger partial charge in [-0.25, -0.2) is 0 Å². The number of nitrogens with one attached hydrogen (secondary N) is 2. The van der Waals surface area contributed by atoms with Crippen LogP contribution < -0.4 is 20.1 Å². The Morgan fingerprint density at radius 3 is 2.50 bits per heavy atom. The van der Waals surface area contributed by atoms with Crippen LogP contribution in [0.25, 0.3) is 0 Å². The van der Waals surface area contributed by atoms with Gasteiger partial charge in [-0.05, 0) is 36.5 Å². The number of carbonyl (C=O) groups is 2. The van der Waals surface area contributed by atoms with E-state index in [9.17, 15) is 9.59 Å². The molecule has 6 nitrogen and oxygen atoms in total. The lowest BCUT2D eigenvalue weighted by Gasteiger charge is -2.15. The van der Waals surface area contributed by atoms with E-state index in [4.69, 9.17) is 21.1 Å². The fraction of sp³-hybridized carbons (Fsp3) is 0.391. The molecule has 0 atom stereocenters. The predicted octanol–water partition coefficient (Wildman–Crippen LogP) is 3.86. The highest BCUT2D eigenvalue weighted by atomic mass is 35.5. The number of hydrogen-bond donors (Lipinski definition) is 2. The van der Waals surface area contributed by atoms with Crippen molar-refractivity contribution in [3.8, 4) is 11.5 Å². The molecule has 0 spiro atoms. The van der Waals surface area contributed by atoms with Gasteiger partial charge in [0.25, 0.3) is 5.91 Å². The monoisotopic (exact) mass is 432 g/mol. The average molecular weight is 433 g/mol. The molecule has 30 heavy (non-hydrogen) atoms. The predicted molar refractivity (Wildman–Crippen MR) is 118 cm³/mol. The van der Waals surface area contributed by atoms with Crippen LogP contribution in [0.4, 0.5) is 0 Å². The lowest BCUT2D eigenvalue weighted by molar-refractivity contribution is -0.120. The van der Waals surface area contributed by atoms with Gasteiger partial charge in [0, 0.05) is 12.1 Å². The molecule has 0 fully saturated rings. The molecule has 0 saturated carbocycles. The molecule has 2 N–H and O–H groups in total. The Labute approximate surface area is 182 Å². The van der Waals surface area contributed by atoms with Gasteiger partial charge < -0.3 is 20.1 Å². The first kappa shape index (κ1) is 23.5. The number of rotatable bonds is 11. The Bertz CT molecular complexity index is 841. The molecule has 0 radical (unpaired) electrons. The Morgan fingerprint density at radius 2 is 1.83 bits per heavy atom. The van der Waals surface area contributed by atoms with Crippen LogP contribution >= 0.6 is 11.6 Å². The lowest BCUT2D eigenvalue weighted by atomic mass is 10.1. The molecular formula is C23H29ClN2O4. The maximum atomic E-state index is 12.4. The smallest absolute Gasteiger partial charge is 0.251 e. The van der Waals surface area contributed by atoms with Crippen LogP contribution in [0.3, 0.4) is 0 Å². The molecular weight excluding hydrogens is 404 g/mol. The van der Waals surface area contributed by atoms with Crippen molar-refractivity contribution in [2.24, 2.45) is 5.92 Å². The Morgan fingerprint density at radius 1 is 1.10 bits per heavy atom. The highest BCUT2D eigenvalue weighted by Gasteiger charge is 2.16. The summed E-state index contributed by atoms with van der Waals surface area (Å²) >= 11 is 6.30. The zero-order valence-corrected chi connectivity index (χ0v) is 18.4. The number of carbonyl (C=O) groups excluding carboxylic acids is 2. The number of benzene rings is 2. The van der Waals surface area contributed by atoms with Crippen molar-refractivity contribution in [3.63, 3.8) is 0 Å². The second-order valence-corrected chi connectivity index (χ2v) is 7.70. The van der Waals surface area contributed by atoms with Crippen LogP contribution in [0, 0.1) is 5.92 Å². The van der Waals surface area contributed by atoms with Gasteiger partial charge in [0.1, 0.15) is 0 Å². The number of ether oxygens (including phenoxy) is 2. The van der Waals surface area contributed by atoms with Gasteiger partial charge in [-0.2, -0.15) is 0 Å². The van der Waals surface area contributed by atoms with Crippen LogP contribution in [-0.2, 0) is 11.2 Å². The van der Waals surface area contributed by atoms with Gasteiger partial charge in [0.2, 0.25) is 5.91 Å². The van der Waals surface area contributed by atoms with Crippen LogP contribution in [0.15, 0.2) is 42.5 Å². The maximum Gasteiger partial charge on any atom is 0.251 e. The molecule has 2 rings (SSSR count). The van der Waals surface area contributed by atoms with E-state index in [1.165, 1.54) is 13.2 Å². The fourth-order valence-corrected chi connectivity index (χ4v) is 2.97. The van der Waals surface area contributed by atoms with Crippen molar-refractivity contribution < 1.29 is 19.1 Å². The molecule has 0 saturated heterocycles. The van der Waals surface area contributed by atoms with Gasteiger partial charge >= 0.3 is 0 Å². The van der Waals surface area contributed by atoms with Gasteiger partial charge in [0.05, 0.1) is 25.3 Å². The Kier molecular flexibility index (Phi) is 9.48. The molecule has 0 bridgehead atoms. The van der Waals surface area contributed by atoms with Gasteiger partial charge in [-0.3, -0.25) is 9.59 Å². The highest BCUT2D eigenvalue weighted by molar-refractivity contribution is 6.32. The third-order valence-corrected chi connectivity index (χ3v) is 4.70. The summed E-state index contributed by atoms with van der Waals surface area (Å²) in [5.74, 6) is 0.616. The van der Waals surface area contributed by atoms with E-state index in [0.717, 1.165) is 18.4 Å². The molecule has 7 heteroatoms. The summed E-state index contributed by atoms with van der Waals surface area (Å²) in [6, 6.07) is 12.9. The number of halogens is 1.